The molecule has 0 bridgehead atoms. The Bertz CT molecular complexity index is 451. The lowest BCUT2D eigenvalue weighted by atomic mass is 10.0. The van der Waals surface area contributed by atoms with Crippen molar-refractivity contribution in [3.8, 4) is 0 Å². The Kier molecular flexibility index (Phi) is 6.29. The van der Waals surface area contributed by atoms with Gasteiger partial charge in [0, 0.05) is 30.3 Å². The zero-order chi connectivity index (χ0) is 13.5. The van der Waals surface area contributed by atoms with Crippen LogP contribution in [0.4, 0.5) is 5.69 Å². The SMILES string of the molecule is O=C(CCCBr)CCc1ccc([N+](=O)[O-])cc1Cl. The lowest BCUT2D eigenvalue weighted by Crippen LogP contribution is -2.01. The molecule has 0 heterocycles. The Morgan fingerprint density at radius 2 is 2.11 bits per heavy atom. The smallest absolute Gasteiger partial charge is 0.270 e. The highest BCUT2D eigenvalue weighted by molar-refractivity contribution is 9.09. The number of carbonyl (C=O) groups excluding carboxylic acids is 1. The third-order valence-electron chi connectivity index (χ3n) is 2.51. The van der Waals surface area contributed by atoms with E-state index in [-0.39, 0.29) is 11.5 Å². The summed E-state index contributed by atoms with van der Waals surface area (Å²) in [6, 6.07) is 4.34. The van der Waals surface area contributed by atoms with Crippen molar-refractivity contribution in [2.75, 3.05) is 5.33 Å². The van der Waals surface area contributed by atoms with Gasteiger partial charge in [-0.15, -0.1) is 0 Å². The minimum atomic E-state index is -0.489. The second kappa shape index (κ2) is 7.48. The third kappa shape index (κ3) is 4.74. The summed E-state index contributed by atoms with van der Waals surface area (Å²) in [5.74, 6) is 0.184. The van der Waals surface area contributed by atoms with Gasteiger partial charge < -0.3 is 0 Å². The van der Waals surface area contributed by atoms with Crippen LogP contribution >= 0.6 is 27.5 Å². The molecule has 0 N–H and O–H groups in total. The molecule has 18 heavy (non-hydrogen) atoms. The number of non-ortho nitro benzene ring substituents is 1. The first-order valence-electron chi connectivity index (χ1n) is 5.55. The molecule has 0 unspecified atom stereocenters. The number of hydrogen-bond donors (Lipinski definition) is 0. The van der Waals surface area contributed by atoms with Crippen LogP contribution in [0.3, 0.4) is 0 Å². The summed E-state index contributed by atoms with van der Waals surface area (Å²) >= 11 is 9.21. The van der Waals surface area contributed by atoms with E-state index in [9.17, 15) is 14.9 Å². The maximum atomic E-state index is 11.5. The van der Waals surface area contributed by atoms with Gasteiger partial charge in [0.05, 0.1) is 9.95 Å². The first kappa shape index (κ1) is 15.1. The predicted molar refractivity (Wildman–Crippen MR) is 74.5 cm³/mol. The predicted octanol–water partition coefficient (Wildman–Crippen LogP) is 3.93. The molecule has 4 nitrogen and oxygen atoms in total. The Labute approximate surface area is 119 Å². The molecule has 0 saturated carbocycles. The van der Waals surface area contributed by atoms with Gasteiger partial charge >= 0.3 is 0 Å². The Morgan fingerprint density at radius 3 is 2.67 bits per heavy atom. The summed E-state index contributed by atoms with van der Waals surface area (Å²) in [7, 11) is 0. The Balaban J connectivity index is 2.58. The summed E-state index contributed by atoms with van der Waals surface area (Å²) in [5, 5.41) is 11.7. The number of hydrogen-bond acceptors (Lipinski definition) is 3. The standard InChI is InChI=1S/C12H13BrClNO3/c13-7-1-2-11(16)6-4-9-3-5-10(15(17)18)8-12(9)14/h3,5,8H,1-2,4,6-7H2. The largest absolute Gasteiger partial charge is 0.300 e. The number of ketones is 1. The minimum Gasteiger partial charge on any atom is -0.300 e. The van der Waals surface area contributed by atoms with Crippen LogP contribution < -0.4 is 0 Å². The molecule has 0 aliphatic rings. The van der Waals surface area contributed by atoms with Gasteiger partial charge in [0.25, 0.3) is 5.69 Å². The fraction of sp³-hybridized carbons (Fsp3) is 0.417. The van der Waals surface area contributed by atoms with Gasteiger partial charge in [-0.1, -0.05) is 33.6 Å². The number of aryl methyl sites for hydroxylation is 1. The summed E-state index contributed by atoms with van der Waals surface area (Å²) in [5.41, 5.74) is 0.740. The normalized spacial score (nSPS) is 10.3. The summed E-state index contributed by atoms with van der Waals surface area (Å²) in [6.45, 7) is 0. The zero-order valence-electron chi connectivity index (χ0n) is 9.70. The van der Waals surface area contributed by atoms with Crippen molar-refractivity contribution < 1.29 is 9.72 Å². The Morgan fingerprint density at radius 1 is 1.39 bits per heavy atom. The van der Waals surface area contributed by atoms with Crippen LogP contribution in [0.5, 0.6) is 0 Å². The van der Waals surface area contributed by atoms with Crippen LogP contribution in [0.1, 0.15) is 24.8 Å². The average Bonchev–Trinajstić information content (AvgIpc) is 2.34. The fourth-order valence-electron chi connectivity index (χ4n) is 1.52. The number of Topliss-reactive ketones (excluding diaryl/α,β-unsaturated/α-hetero) is 1. The molecule has 0 radical (unpaired) electrons. The van der Waals surface area contributed by atoms with Gasteiger partial charge in [0.1, 0.15) is 5.78 Å². The van der Waals surface area contributed by atoms with E-state index in [4.69, 9.17) is 11.6 Å². The molecule has 0 fully saturated rings. The van der Waals surface area contributed by atoms with E-state index >= 15 is 0 Å². The minimum absolute atomic E-state index is 0.0330. The van der Waals surface area contributed by atoms with Gasteiger partial charge in [-0.2, -0.15) is 0 Å². The van der Waals surface area contributed by atoms with Crippen LogP contribution in [0.2, 0.25) is 5.02 Å². The molecule has 1 aromatic carbocycles. The number of rotatable bonds is 7. The van der Waals surface area contributed by atoms with Crippen LogP contribution in [0.15, 0.2) is 18.2 Å². The van der Waals surface area contributed by atoms with Crippen LogP contribution in [0.25, 0.3) is 0 Å². The van der Waals surface area contributed by atoms with Gasteiger partial charge in [0.15, 0.2) is 0 Å². The number of nitrogens with zero attached hydrogens (tertiary/aromatic N) is 1. The maximum Gasteiger partial charge on any atom is 0.270 e. The van der Waals surface area contributed by atoms with E-state index in [0.29, 0.717) is 24.3 Å². The van der Waals surface area contributed by atoms with Gasteiger partial charge in [0.2, 0.25) is 0 Å². The summed E-state index contributed by atoms with van der Waals surface area (Å²) in [4.78, 5) is 21.5. The molecule has 0 aliphatic heterocycles. The average molecular weight is 335 g/mol. The summed E-state index contributed by atoms with van der Waals surface area (Å²) < 4.78 is 0. The van der Waals surface area contributed by atoms with E-state index < -0.39 is 4.92 Å². The number of halogens is 2. The van der Waals surface area contributed by atoms with Gasteiger partial charge in [-0.05, 0) is 18.4 Å². The van der Waals surface area contributed by atoms with Crippen molar-refractivity contribution in [2.24, 2.45) is 0 Å². The van der Waals surface area contributed by atoms with E-state index in [0.717, 1.165) is 17.3 Å². The lowest BCUT2D eigenvalue weighted by Gasteiger charge is -2.03. The van der Waals surface area contributed by atoms with E-state index in [2.05, 4.69) is 15.9 Å². The molecule has 98 valence electrons. The molecule has 0 aromatic heterocycles. The fourth-order valence-corrected chi connectivity index (χ4v) is 2.07. The number of nitro benzene ring substituents is 1. The van der Waals surface area contributed by atoms with E-state index in [1.165, 1.54) is 12.1 Å². The molecule has 0 saturated heterocycles. The lowest BCUT2D eigenvalue weighted by molar-refractivity contribution is -0.384. The monoisotopic (exact) mass is 333 g/mol. The van der Waals surface area contributed by atoms with Crippen molar-refractivity contribution in [3.05, 3.63) is 38.9 Å². The van der Waals surface area contributed by atoms with Crippen molar-refractivity contribution in [3.63, 3.8) is 0 Å². The first-order chi connectivity index (χ1) is 8.54. The maximum absolute atomic E-state index is 11.5. The molecule has 1 rings (SSSR count). The number of carbonyl (C=O) groups is 1. The van der Waals surface area contributed by atoms with Crippen LogP contribution in [-0.2, 0) is 11.2 Å². The molecule has 0 aliphatic carbocycles. The van der Waals surface area contributed by atoms with Crippen molar-refractivity contribution in [2.45, 2.75) is 25.7 Å². The quantitative estimate of drug-likeness (QED) is 0.431. The van der Waals surface area contributed by atoms with Crippen molar-refractivity contribution in [1.29, 1.82) is 0 Å². The van der Waals surface area contributed by atoms with E-state index in [1.54, 1.807) is 6.07 Å². The molecule has 0 spiro atoms. The highest BCUT2D eigenvalue weighted by Gasteiger charge is 2.10. The van der Waals surface area contributed by atoms with Crippen LogP contribution in [0, 0.1) is 10.1 Å². The summed E-state index contributed by atoms with van der Waals surface area (Å²) in [6.07, 6.45) is 2.32. The highest BCUT2D eigenvalue weighted by atomic mass is 79.9. The number of alkyl halides is 1. The number of benzene rings is 1. The number of nitro groups is 1. The first-order valence-corrected chi connectivity index (χ1v) is 7.05. The third-order valence-corrected chi connectivity index (χ3v) is 3.42. The molecular weight excluding hydrogens is 321 g/mol. The molecule has 0 amide bonds. The Hall–Kier alpha value is -0.940. The second-order valence-electron chi connectivity index (χ2n) is 3.86. The van der Waals surface area contributed by atoms with Gasteiger partial charge in [-0.25, -0.2) is 0 Å². The zero-order valence-corrected chi connectivity index (χ0v) is 12.0. The van der Waals surface area contributed by atoms with Crippen LogP contribution in [-0.4, -0.2) is 16.0 Å². The molecule has 1 aromatic rings. The topological polar surface area (TPSA) is 60.2 Å². The second-order valence-corrected chi connectivity index (χ2v) is 5.06. The molecule has 6 heteroatoms. The molecule has 0 atom stereocenters. The van der Waals surface area contributed by atoms with E-state index in [1.807, 2.05) is 0 Å². The highest BCUT2D eigenvalue weighted by Crippen LogP contribution is 2.23. The molecular formula is C12H13BrClNO3. The van der Waals surface area contributed by atoms with Crippen molar-refractivity contribution in [1.82, 2.24) is 0 Å². The van der Waals surface area contributed by atoms with Crippen molar-refractivity contribution >= 4 is 39.0 Å². The van der Waals surface area contributed by atoms with Gasteiger partial charge in [-0.3, -0.25) is 14.9 Å².